The number of amides is 1. The van der Waals surface area contributed by atoms with E-state index in [2.05, 4.69) is 27.5 Å². The van der Waals surface area contributed by atoms with E-state index < -0.39 is 17.2 Å². The van der Waals surface area contributed by atoms with Crippen molar-refractivity contribution in [3.05, 3.63) is 70.3 Å². The van der Waals surface area contributed by atoms with E-state index in [1.807, 2.05) is 55.1 Å². The molecule has 3 heterocycles. The minimum absolute atomic E-state index is 0.0218. The number of likely N-dealkylation sites (tertiary alicyclic amines) is 1. The molecule has 0 spiro atoms. The zero-order valence-electron chi connectivity index (χ0n) is 24.5. The lowest BCUT2D eigenvalue weighted by molar-refractivity contribution is 0.0951. The quantitative estimate of drug-likeness (QED) is 0.220. The number of halogens is 1. The summed E-state index contributed by atoms with van der Waals surface area (Å²) in [5.41, 5.74) is 0.835. The van der Waals surface area contributed by atoms with Crippen LogP contribution < -0.4 is 20.8 Å². The molecule has 0 aliphatic carbocycles. The fraction of sp³-hybridized carbons (Fsp3) is 0.394. The summed E-state index contributed by atoms with van der Waals surface area (Å²) in [5, 5.41) is 8.13. The molecule has 220 valence electrons. The third-order valence-electron chi connectivity index (χ3n) is 8.53. The second-order valence-corrected chi connectivity index (χ2v) is 11.7. The highest BCUT2D eigenvalue weighted by Crippen LogP contribution is 2.47. The molecule has 0 bridgehead atoms. The van der Waals surface area contributed by atoms with E-state index >= 15 is 4.39 Å². The number of benzene rings is 3. The highest BCUT2D eigenvalue weighted by atomic mass is 19.1. The number of aromatic nitrogens is 1. The van der Waals surface area contributed by atoms with Crippen LogP contribution in [0.25, 0.3) is 27.4 Å². The molecule has 42 heavy (non-hydrogen) atoms. The van der Waals surface area contributed by atoms with E-state index in [0.29, 0.717) is 36.1 Å². The molecule has 1 saturated heterocycles. The van der Waals surface area contributed by atoms with Gasteiger partial charge in [0.2, 0.25) is 5.43 Å². The molecule has 2 aliphatic heterocycles. The van der Waals surface area contributed by atoms with E-state index in [0.717, 1.165) is 49.5 Å². The van der Waals surface area contributed by atoms with Gasteiger partial charge in [-0.25, -0.2) is 4.39 Å². The summed E-state index contributed by atoms with van der Waals surface area (Å²) in [5.74, 6) is -0.217. The van der Waals surface area contributed by atoms with Crippen molar-refractivity contribution in [2.75, 3.05) is 52.6 Å². The third-order valence-corrected chi connectivity index (χ3v) is 8.53. The summed E-state index contributed by atoms with van der Waals surface area (Å²) in [6, 6.07) is 13.4. The Bertz CT molecular complexity index is 1720. The van der Waals surface area contributed by atoms with E-state index in [1.165, 1.54) is 12.5 Å². The number of hydrogen-bond acceptors (Lipinski definition) is 6. The van der Waals surface area contributed by atoms with Crippen molar-refractivity contribution < 1.29 is 13.9 Å². The van der Waals surface area contributed by atoms with Crippen LogP contribution in [0.1, 0.15) is 42.5 Å². The molecule has 4 aromatic rings. The first-order valence-corrected chi connectivity index (χ1v) is 14.8. The molecular formula is C33H38FN5O3. The van der Waals surface area contributed by atoms with Crippen LogP contribution in [0.15, 0.2) is 53.5 Å². The largest absolute Gasteiger partial charge is 0.450 e. The Balaban J connectivity index is 1.42. The maximum absolute atomic E-state index is 15.8. The Morgan fingerprint density at radius 3 is 2.71 bits per heavy atom. The molecule has 6 rings (SSSR count). The van der Waals surface area contributed by atoms with Crippen molar-refractivity contribution in [3.8, 4) is 17.2 Å². The smallest absolute Gasteiger partial charge is 0.256 e. The summed E-state index contributed by atoms with van der Waals surface area (Å²) in [7, 11) is 6.14. The summed E-state index contributed by atoms with van der Waals surface area (Å²) < 4.78 is 24.2. The number of pyridine rings is 1. The van der Waals surface area contributed by atoms with E-state index in [1.54, 1.807) is 6.20 Å². The number of rotatable bonds is 10. The molecular weight excluding hydrogens is 533 g/mol. The Morgan fingerprint density at radius 1 is 1.10 bits per heavy atom. The summed E-state index contributed by atoms with van der Waals surface area (Å²) in [6.07, 6.45) is 6.46. The van der Waals surface area contributed by atoms with Gasteiger partial charge < -0.3 is 29.7 Å². The molecule has 0 radical (unpaired) electrons. The first-order chi connectivity index (χ1) is 20.3. The average molecular weight is 572 g/mol. The zero-order chi connectivity index (χ0) is 29.4. The normalized spacial score (nSPS) is 16.2. The lowest BCUT2D eigenvalue weighted by Crippen LogP contribution is -2.31. The second kappa shape index (κ2) is 11.7. The van der Waals surface area contributed by atoms with Gasteiger partial charge in [-0.3, -0.25) is 9.59 Å². The molecule has 3 aromatic carbocycles. The number of nitrogens with one attached hydrogen (secondary N) is 2. The summed E-state index contributed by atoms with van der Waals surface area (Å²) in [6.45, 7) is 3.01. The fourth-order valence-corrected chi connectivity index (χ4v) is 6.23. The molecule has 2 aliphatic rings. The summed E-state index contributed by atoms with van der Waals surface area (Å²) >= 11 is 0. The fourth-order valence-electron chi connectivity index (χ4n) is 6.23. The van der Waals surface area contributed by atoms with Crippen LogP contribution in [-0.2, 0) is 0 Å². The van der Waals surface area contributed by atoms with Crippen LogP contribution in [0.5, 0.6) is 11.5 Å². The monoisotopic (exact) mass is 571 g/mol. The molecule has 1 fully saturated rings. The molecule has 0 saturated carbocycles. The van der Waals surface area contributed by atoms with Crippen LogP contribution in [0.4, 0.5) is 10.1 Å². The van der Waals surface area contributed by atoms with Gasteiger partial charge in [-0.2, -0.15) is 0 Å². The molecule has 1 atom stereocenters. The second-order valence-electron chi connectivity index (χ2n) is 11.7. The minimum atomic E-state index is -0.578. The van der Waals surface area contributed by atoms with Crippen LogP contribution in [0.3, 0.4) is 0 Å². The lowest BCUT2D eigenvalue weighted by atomic mass is 10.0. The van der Waals surface area contributed by atoms with Crippen molar-refractivity contribution >= 4 is 33.3 Å². The molecule has 2 N–H and O–H groups in total. The van der Waals surface area contributed by atoms with Gasteiger partial charge in [-0.15, -0.1) is 0 Å². The van der Waals surface area contributed by atoms with Gasteiger partial charge in [-0.05, 0) is 83.9 Å². The van der Waals surface area contributed by atoms with Crippen LogP contribution >= 0.6 is 0 Å². The van der Waals surface area contributed by atoms with Crippen LogP contribution in [0, 0.1) is 5.82 Å². The van der Waals surface area contributed by atoms with Crippen LogP contribution in [-0.4, -0.2) is 73.6 Å². The van der Waals surface area contributed by atoms with E-state index in [9.17, 15) is 9.59 Å². The van der Waals surface area contributed by atoms with E-state index in [-0.39, 0.29) is 22.4 Å². The molecule has 1 unspecified atom stereocenters. The number of ether oxygens (including phenoxy) is 1. The topological polar surface area (TPSA) is 78.8 Å². The maximum atomic E-state index is 15.8. The van der Waals surface area contributed by atoms with Gasteiger partial charge in [0.05, 0.1) is 11.1 Å². The van der Waals surface area contributed by atoms with Gasteiger partial charge in [0.15, 0.2) is 17.3 Å². The Morgan fingerprint density at radius 2 is 1.93 bits per heavy atom. The predicted molar refractivity (Wildman–Crippen MR) is 166 cm³/mol. The minimum Gasteiger partial charge on any atom is -0.450 e. The molecule has 1 amide bonds. The Hall–Kier alpha value is -3.95. The van der Waals surface area contributed by atoms with Crippen molar-refractivity contribution in [2.45, 2.75) is 38.1 Å². The van der Waals surface area contributed by atoms with Crippen molar-refractivity contribution in [2.24, 2.45) is 0 Å². The first-order valence-electron chi connectivity index (χ1n) is 14.8. The van der Waals surface area contributed by atoms with Crippen molar-refractivity contribution in [3.63, 3.8) is 0 Å². The Labute approximate surface area is 245 Å². The average Bonchev–Trinajstić information content (AvgIpc) is 3.39. The predicted octanol–water partition coefficient (Wildman–Crippen LogP) is 5.36. The number of fused-ring (bicyclic) bond motifs is 4. The molecule has 8 nitrogen and oxygen atoms in total. The SMILES string of the molecule is CN(C)CCCCNC(=O)c1cn2c3c(c(NCCC4CCCN4C)c(F)cc3c1=O)Oc1c-2ccc2ccccc12. The summed E-state index contributed by atoms with van der Waals surface area (Å²) in [4.78, 5) is 31.4. The van der Waals surface area contributed by atoms with Gasteiger partial charge in [0.25, 0.3) is 5.91 Å². The van der Waals surface area contributed by atoms with Crippen molar-refractivity contribution in [1.29, 1.82) is 0 Å². The number of hydrogen-bond donors (Lipinski definition) is 2. The molecule has 9 heteroatoms. The standard InChI is InChI=1S/C33H38FN5O3/c1-37(2)17-7-6-15-36-33(41)25-20-39-27-13-12-21-9-4-5-11-23(21)31(27)42-32-28(26(34)19-24(29(32)39)30(25)40)35-16-14-22-10-8-18-38(22)3/h4-5,9,11-13,19-20,22,35H,6-8,10,14-18H2,1-3H3,(H,36,41). The zero-order valence-corrected chi connectivity index (χ0v) is 24.5. The van der Waals surface area contributed by atoms with E-state index in [4.69, 9.17) is 4.74 Å². The first kappa shape index (κ1) is 28.2. The number of carbonyl (C=O) groups excluding carboxylic acids is 1. The van der Waals surface area contributed by atoms with Gasteiger partial charge in [-0.1, -0.05) is 30.3 Å². The number of nitrogens with zero attached hydrogens (tertiary/aromatic N) is 3. The third kappa shape index (κ3) is 5.23. The number of anilines is 1. The van der Waals surface area contributed by atoms with Gasteiger partial charge in [0.1, 0.15) is 16.8 Å². The van der Waals surface area contributed by atoms with Crippen molar-refractivity contribution in [1.82, 2.24) is 19.7 Å². The lowest BCUT2D eigenvalue weighted by Gasteiger charge is -2.27. The molecule has 1 aromatic heterocycles. The number of carbonyl (C=O) groups is 1. The highest BCUT2D eigenvalue weighted by Gasteiger charge is 2.30. The number of unbranched alkanes of at least 4 members (excludes halogenated alkanes) is 1. The van der Waals surface area contributed by atoms with Crippen LogP contribution in [0.2, 0.25) is 0 Å². The maximum Gasteiger partial charge on any atom is 0.256 e. The Kier molecular flexibility index (Phi) is 7.88. The van der Waals surface area contributed by atoms with Gasteiger partial charge in [0, 0.05) is 30.7 Å². The van der Waals surface area contributed by atoms with Gasteiger partial charge >= 0.3 is 0 Å². The highest BCUT2D eigenvalue weighted by molar-refractivity contribution is 6.03.